The number of hydrogen-bond donors (Lipinski definition) is 1. The van der Waals surface area contributed by atoms with E-state index in [0.29, 0.717) is 13.1 Å². The molecule has 2 aliphatic heterocycles. The number of halogens is 1. The first-order valence-electron chi connectivity index (χ1n) is 11.2. The van der Waals surface area contributed by atoms with E-state index in [1.807, 2.05) is 0 Å². The highest BCUT2D eigenvalue weighted by Crippen LogP contribution is 2.29. The topological polar surface area (TPSA) is 69.7 Å². The molecule has 2 saturated heterocycles. The van der Waals surface area contributed by atoms with Gasteiger partial charge in [-0.3, -0.25) is 14.4 Å². The first-order chi connectivity index (χ1) is 14.5. The zero-order valence-corrected chi connectivity index (χ0v) is 17.3. The van der Waals surface area contributed by atoms with Gasteiger partial charge in [0.1, 0.15) is 5.82 Å². The lowest BCUT2D eigenvalue weighted by atomic mass is 9.88. The van der Waals surface area contributed by atoms with E-state index in [1.54, 1.807) is 23.1 Å². The van der Waals surface area contributed by atoms with Crippen LogP contribution in [0.5, 0.6) is 0 Å². The Labute approximate surface area is 176 Å². The molecule has 3 amide bonds. The number of rotatable bonds is 4. The molecule has 1 N–H and O–H groups in total. The lowest BCUT2D eigenvalue weighted by molar-refractivity contribution is -0.137. The van der Waals surface area contributed by atoms with E-state index in [-0.39, 0.29) is 48.3 Å². The van der Waals surface area contributed by atoms with E-state index in [0.717, 1.165) is 38.5 Å². The molecule has 1 aromatic carbocycles. The number of likely N-dealkylation sites (tertiary alicyclic amines) is 1. The fraction of sp³-hybridized carbons (Fsp3) is 0.609. The van der Waals surface area contributed by atoms with Crippen LogP contribution in [0.3, 0.4) is 0 Å². The van der Waals surface area contributed by atoms with Crippen LogP contribution in [0, 0.1) is 17.7 Å². The van der Waals surface area contributed by atoms with Crippen LogP contribution < -0.4 is 10.2 Å². The second kappa shape index (κ2) is 9.14. The summed E-state index contributed by atoms with van der Waals surface area (Å²) in [4.78, 5) is 41.0. The largest absolute Gasteiger partial charge is 0.353 e. The molecule has 1 unspecified atom stereocenters. The summed E-state index contributed by atoms with van der Waals surface area (Å²) in [6.07, 6.45) is 7.05. The number of anilines is 1. The summed E-state index contributed by atoms with van der Waals surface area (Å²) in [6, 6.07) is 6.28. The van der Waals surface area contributed by atoms with Gasteiger partial charge in [0.15, 0.2) is 0 Å². The van der Waals surface area contributed by atoms with Gasteiger partial charge in [0, 0.05) is 38.0 Å². The van der Waals surface area contributed by atoms with E-state index >= 15 is 0 Å². The molecule has 2 heterocycles. The van der Waals surface area contributed by atoms with Crippen LogP contribution in [0.1, 0.15) is 51.4 Å². The number of benzene rings is 1. The first-order valence-corrected chi connectivity index (χ1v) is 11.2. The van der Waals surface area contributed by atoms with Crippen molar-refractivity contribution in [2.24, 2.45) is 11.8 Å². The summed E-state index contributed by atoms with van der Waals surface area (Å²) in [7, 11) is 0. The molecule has 1 atom stereocenters. The highest BCUT2D eigenvalue weighted by Gasteiger charge is 2.39. The summed E-state index contributed by atoms with van der Waals surface area (Å²) in [5.41, 5.74) is 0.238. The molecule has 162 valence electrons. The molecule has 3 aliphatic rings. The third-order valence-corrected chi connectivity index (χ3v) is 6.75. The van der Waals surface area contributed by atoms with E-state index in [9.17, 15) is 18.8 Å². The van der Waals surface area contributed by atoms with Crippen LogP contribution in [0.2, 0.25) is 0 Å². The minimum Gasteiger partial charge on any atom is -0.353 e. The second-order valence-corrected chi connectivity index (χ2v) is 8.80. The lowest BCUT2D eigenvalue weighted by Gasteiger charge is -2.34. The van der Waals surface area contributed by atoms with Gasteiger partial charge in [0.05, 0.1) is 11.6 Å². The van der Waals surface area contributed by atoms with Crippen LogP contribution >= 0.6 is 0 Å². The maximum Gasteiger partial charge on any atom is 0.228 e. The Hall–Kier alpha value is -2.44. The molecular weight excluding hydrogens is 385 g/mol. The molecule has 30 heavy (non-hydrogen) atoms. The molecule has 0 aromatic heterocycles. The number of amides is 3. The summed E-state index contributed by atoms with van der Waals surface area (Å²) in [6.45, 7) is 1.38. The molecule has 1 saturated carbocycles. The van der Waals surface area contributed by atoms with E-state index in [2.05, 4.69) is 5.32 Å². The molecule has 0 radical (unpaired) electrons. The number of carbonyl (C=O) groups excluding carboxylic acids is 3. The lowest BCUT2D eigenvalue weighted by Crippen LogP contribution is -2.49. The average molecular weight is 416 g/mol. The van der Waals surface area contributed by atoms with Crippen molar-refractivity contribution in [3.8, 4) is 0 Å². The zero-order valence-electron chi connectivity index (χ0n) is 17.3. The van der Waals surface area contributed by atoms with Crippen molar-refractivity contribution in [1.82, 2.24) is 10.2 Å². The number of para-hydroxylation sites is 1. The van der Waals surface area contributed by atoms with Crippen LogP contribution in [-0.2, 0) is 14.4 Å². The van der Waals surface area contributed by atoms with Crippen molar-refractivity contribution in [3.05, 3.63) is 30.1 Å². The summed E-state index contributed by atoms with van der Waals surface area (Å²) in [5, 5.41) is 3.18. The molecule has 6 nitrogen and oxygen atoms in total. The molecule has 7 heteroatoms. The minimum atomic E-state index is -0.450. The Morgan fingerprint density at radius 2 is 1.67 bits per heavy atom. The van der Waals surface area contributed by atoms with Crippen molar-refractivity contribution >= 4 is 23.4 Å². The normalized spacial score (nSPS) is 23.6. The Bertz CT molecular complexity index is 801. The zero-order chi connectivity index (χ0) is 21.1. The summed E-state index contributed by atoms with van der Waals surface area (Å²) < 4.78 is 14.1. The van der Waals surface area contributed by atoms with Gasteiger partial charge in [-0.1, -0.05) is 31.4 Å². The van der Waals surface area contributed by atoms with Gasteiger partial charge in [0.25, 0.3) is 0 Å². The molecule has 1 aliphatic carbocycles. The number of carbonyl (C=O) groups is 3. The van der Waals surface area contributed by atoms with E-state index in [1.165, 1.54) is 17.4 Å². The van der Waals surface area contributed by atoms with Gasteiger partial charge in [0.2, 0.25) is 17.7 Å². The standard InChI is InChI=1S/C23H30FN3O3/c24-19-8-4-5-9-20(19)27-15-17(14-21(27)28)23(30)26-12-10-18(11-13-26)25-22(29)16-6-2-1-3-7-16/h4-5,8-9,16-18H,1-3,6-7,10-15H2,(H,25,29). The van der Waals surface area contributed by atoms with E-state index in [4.69, 9.17) is 0 Å². The van der Waals surface area contributed by atoms with Crippen molar-refractivity contribution in [3.63, 3.8) is 0 Å². The van der Waals surface area contributed by atoms with Crippen molar-refractivity contribution in [2.45, 2.75) is 57.4 Å². The van der Waals surface area contributed by atoms with Crippen LogP contribution in [-0.4, -0.2) is 48.3 Å². The fourth-order valence-corrected chi connectivity index (χ4v) is 4.96. The number of hydrogen-bond acceptors (Lipinski definition) is 3. The molecule has 4 rings (SSSR count). The SMILES string of the molecule is O=C(NC1CCN(C(=O)C2CC(=O)N(c3ccccc3F)C2)CC1)C1CCCCC1. The van der Waals surface area contributed by atoms with Crippen LogP contribution in [0.15, 0.2) is 24.3 Å². The Kier molecular flexibility index (Phi) is 6.35. The van der Waals surface area contributed by atoms with Gasteiger partial charge in [-0.15, -0.1) is 0 Å². The maximum atomic E-state index is 14.1. The Balaban J connectivity index is 1.28. The monoisotopic (exact) mass is 415 g/mol. The first kappa shape index (κ1) is 20.8. The second-order valence-electron chi connectivity index (χ2n) is 8.80. The van der Waals surface area contributed by atoms with Gasteiger partial charge >= 0.3 is 0 Å². The predicted octanol–water partition coefficient (Wildman–Crippen LogP) is 2.87. The van der Waals surface area contributed by atoms with Crippen molar-refractivity contribution in [1.29, 1.82) is 0 Å². The molecule has 1 aromatic rings. The third kappa shape index (κ3) is 4.50. The Morgan fingerprint density at radius 1 is 0.967 bits per heavy atom. The highest BCUT2D eigenvalue weighted by molar-refractivity contribution is 6.00. The van der Waals surface area contributed by atoms with Gasteiger partial charge < -0.3 is 15.1 Å². The minimum absolute atomic E-state index is 0.0424. The predicted molar refractivity (Wildman–Crippen MR) is 111 cm³/mol. The molecule has 3 fully saturated rings. The third-order valence-electron chi connectivity index (χ3n) is 6.75. The highest BCUT2D eigenvalue weighted by atomic mass is 19.1. The Morgan fingerprint density at radius 3 is 2.37 bits per heavy atom. The number of piperidine rings is 1. The van der Waals surface area contributed by atoms with Gasteiger partial charge in [-0.25, -0.2) is 4.39 Å². The molecule has 0 spiro atoms. The summed E-state index contributed by atoms with van der Waals surface area (Å²) >= 11 is 0. The summed E-state index contributed by atoms with van der Waals surface area (Å²) in [5.74, 6) is -0.833. The van der Waals surface area contributed by atoms with Crippen molar-refractivity contribution in [2.75, 3.05) is 24.5 Å². The number of nitrogens with zero attached hydrogens (tertiary/aromatic N) is 2. The quantitative estimate of drug-likeness (QED) is 0.822. The van der Waals surface area contributed by atoms with E-state index < -0.39 is 11.7 Å². The smallest absolute Gasteiger partial charge is 0.228 e. The average Bonchev–Trinajstić information content (AvgIpc) is 3.16. The maximum absolute atomic E-state index is 14.1. The van der Waals surface area contributed by atoms with Crippen LogP contribution in [0.4, 0.5) is 10.1 Å². The molecular formula is C23H30FN3O3. The van der Waals surface area contributed by atoms with Crippen molar-refractivity contribution < 1.29 is 18.8 Å². The van der Waals surface area contributed by atoms with Gasteiger partial charge in [-0.05, 0) is 37.8 Å². The number of nitrogens with one attached hydrogen (secondary N) is 1. The van der Waals surface area contributed by atoms with Crippen LogP contribution in [0.25, 0.3) is 0 Å². The molecule has 0 bridgehead atoms. The van der Waals surface area contributed by atoms with Gasteiger partial charge in [-0.2, -0.15) is 0 Å². The fourth-order valence-electron chi connectivity index (χ4n) is 4.96.